The Hall–Kier alpha value is -2.11. The van der Waals surface area contributed by atoms with Gasteiger partial charge in [0.2, 0.25) is 0 Å². The van der Waals surface area contributed by atoms with Crippen LogP contribution in [0.2, 0.25) is 0 Å². The Balaban J connectivity index is 1.41. The number of nitriles is 1. The van der Waals surface area contributed by atoms with Crippen LogP contribution in [-0.4, -0.2) is 66.2 Å². The van der Waals surface area contributed by atoms with Crippen molar-refractivity contribution in [2.24, 2.45) is 5.92 Å². The maximum Gasteiger partial charge on any atom is 0.471 e. The fourth-order valence-electron chi connectivity index (χ4n) is 4.49. The lowest BCUT2D eigenvalue weighted by Gasteiger charge is -2.56. The van der Waals surface area contributed by atoms with Crippen LogP contribution in [0.25, 0.3) is 0 Å². The Morgan fingerprint density at radius 3 is 2.50 bits per heavy atom. The van der Waals surface area contributed by atoms with Crippen molar-refractivity contribution >= 4 is 5.91 Å². The van der Waals surface area contributed by atoms with Crippen LogP contribution in [0.15, 0.2) is 30.3 Å². The minimum absolute atomic E-state index is 0.0134. The van der Waals surface area contributed by atoms with Crippen LogP contribution in [0.3, 0.4) is 0 Å². The number of halogens is 3. The van der Waals surface area contributed by atoms with E-state index in [4.69, 9.17) is 5.26 Å². The number of amides is 1. The molecule has 1 amide bonds. The SMILES string of the molecule is N#CCC1(N2CC(CN(C(=O)C(F)(F)F)C3CC3c3ccccc3)C2)CNC1. The predicted octanol–water partition coefficient (Wildman–Crippen LogP) is 2.12. The number of carbonyl (C=O) groups is 1. The Bertz CT molecular complexity index is 766. The largest absolute Gasteiger partial charge is 0.471 e. The molecule has 28 heavy (non-hydrogen) atoms. The maximum atomic E-state index is 13.2. The van der Waals surface area contributed by atoms with Crippen molar-refractivity contribution in [3.8, 4) is 6.07 Å². The van der Waals surface area contributed by atoms with Gasteiger partial charge in [0, 0.05) is 50.6 Å². The monoisotopic (exact) mass is 392 g/mol. The molecular formula is C20H23F3N4O. The molecule has 1 N–H and O–H groups in total. The molecule has 2 aliphatic heterocycles. The molecule has 2 unspecified atom stereocenters. The first-order chi connectivity index (χ1) is 13.3. The van der Waals surface area contributed by atoms with Crippen LogP contribution in [0.4, 0.5) is 13.2 Å². The maximum absolute atomic E-state index is 13.2. The molecule has 0 radical (unpaired) electrons. The molecule has 5 nitrogen and oxygen atoms in total. The topological polar surface area (TPSA) is 59.4 Å². The van der Waals surface area contributed by atoms with Crippen molar-refractivity contribution in [3.05, 3.63) is 35.9 Å². The van der Waals surface area contributed by atoms with Crippen molar-refractivity contribution < 1.29 is 18.0 Å². The van der Waals surface area contributed by atoms with Gasteiger partial charge in [0.25, 0.3) is 0 Å². The molecule has 1 saturated carbocycles. The van der Waals surface area contributed by atoms with Crippen LogP contribution in [0.1, 0.15) is 24.3 Å². The van der Waals surface area contributed by atoms with Gasteiger partial charge in [-0.25, -0.2) is 0 Å². The summed E-state index contributed by atoms with van der Waals surface area (Å²) in [6, 6.07) is 11.2. The van der Waals surface area contributed by atoms with E-state index in [1.807, 2.05) is 30.3 Å². The van der Waals surface area contributed by atoms with Gasteiger partial charge in [-0.3, -0.25) is 9.69 Å². The van der Waals surface area contributed by atoms with Gasteiger partial charge in [-0.2, -0.15) is 18.4 Å². The zero-order valence-corrected chi connectivity index (χ0v) is 15.5. The summed E-state index contributed by atoms with van der Waals surface area (Å²) in [6.07, 6.45) is -3.87. The first-order valence-corrected chi connectivity index (χ1v) is 9.59. The summed E-state index contributed by atoms with van der Waals surface area (Å²) in [5, 5.41) is 12.2. The Morgan fingerprint density at radius 1 is 1.29 bits per heavy atom. The quantitative estimate of drug-likeness (QED) is 0.806. The zero-order valence-electron chi connectivity index (χ0n) is 15.5. The van der Waals surface area contributed by atoms with E-state index < -0.39 is 12.1 Å². The number of nitrogens with zero attached hydrogens (tertiary/aromatic N) is 3. The zero-order chi connectivity index (χ0) is 19.9. The molecule has 2 atom stereocenters. The molecule has 2 heterocycles. The molecule has 2 saturated heterocycles. The van der Waals surface area contributed by atoms with Gasteiger partial charge in [0.05, 0.1) is 18.0 Å². The summed E-state index contributed by atoms with van der Waals surface area (Å²) in [5.41, 5.74) is 0.798. The number of rotatable bonds is 6. The van der Waals surface area contributed by atoms with E-state index in [9.17, 15) is 18.0 Å². The predicted molar refractivity (Wildman–Crippen MR) is 96.2 cm³/mol. The number of benzene rings is 1. The summed E-state index contributed by atoms with van der Waals surface area (Å²) < 4.78 is 39.5. The lowest BCUT2D eigenvalue weighted by Crippen LogP contribution is -2.74. The van der Waals surface area contributed by atoms with Gasteiger partial charge < -0.3 is 10.2 Å². The van der Waals surface area contributed by atoms with Gasteiger partial charge in [-0.1, -0.05) is 30.3 Å². The number of likely N-dealkylation sites (tertiary alicyclic amines) is 1. The molecular weight excluding hydrogens is 369 g/mol. The number of hydrogen-bond acceptors (Lipinski definition) is 4. The molecule has 0 aromatic heterocycles. The molecule has 0 bridgehead atoms. The number of carbonyl (C=O) groups excluding carboxylic acids is 1. The van der Waals surface area contributed by atoms with Crippen LogP contribution in [-0.2, 0) is 4.79 Å². The molecule has 1 aromatic carbocycles. The van der Waals surface area contributed by atoms with Crippen LogP contribution in [0.5, 0.6) is 0 Å². The fraction of sp³-hybridized carbons (Fsp3) is 0.600. The highest BCUT2D eigenvalue weighted by molar-refractivity contribution is 5.82. The van der Waals surface area contributed by atoms with Gasteiger partial charge in [-0.15, -0.1) is 0 Å². The van der Waals surface area contributed by atoms with Gasteiger partial charge in [-0.05, 0) is 12.0 Å². The summed E-state index contributed by atoms with van der Waals surface area (Å²) in [6.45, 7) is 2.86. The molecule has 3 fully saturated rings. The second kappa shape index (κ2) is 7.05. The number of nitrogens with one attached hydrogen (secondary N) is 1. The van der Waals surface area contributed by atoms with Gasteiger partial charge in [0.15, 0.2) is 0 Å². The summed E-state index contributed by atoms with van der Waals surface area (Å²) in [7, 11) is 0. The standard InChI is InChI=1S/C20H23F3N4O/c21-20(22,23)18(28)27(17-8-16(17)15-4-2-1-3-5-15)11-14-9-26(10-14)19(6-7-24)12-25-13-19/h1-5,14,16-17,25H,6,8-13H2. The Kier molecular flexibility index (Phi) is 4.84. The van der Waals surface area contributed by atoms with E-state index in [2.05, 4.69) is 16.3 Å². The number of hydrogen-bond donors (Lipinski definition) is 1. The summed E-state index contributed by atoms with van der Waals surface area (Å²) >= 11 is 0. The van der Waals surface area contributed by atoms with Gasteiger partial charge >= 0.3 is 12.1 Å². The minimum atomic E-state index is -4.85. The third kappa shape index (κ3) is 3.49. The Labute approximate surface area is 162 Å². The number of alkyl halides is 3. The van der Waals surface area contributed by atoms with Crippen molar-refractivity contribution in [2.45, 2.75) is 36.5 Å². The molecule has 1 aliphatic carbocycles. The van der Waals surface area contributed by atoms with Crippen LogP contribution < -0.4 is 5.32 Å². The minimum Gasteiger partial charge on any atom is -0.331 e. The van der Waals surface area contributed by atoms with E-state index in [1.165, 1.54) is 0 Å². The van der Waals surface area contributed by atoms with Crippen molar-refractivity contribution in [1.29, 1.82) is 5.26 Å². The lowest BCUT2D eigenvalue weighted by atomic mass is 9.81. The molecule has 0 spiro atoms. The van der Waals surface area contributed by atoms with Crippen LogP contribution >= 0.6 is 0 Å². The molecule has 8 heteroatoms. The van der Waals surface area contributed by atoms with Crippen molar-refractivity contribution in [3.63, 3.8) is 0 Å². The van der Waals surface area contributed by atoms with E-state index in [1.54, 1.807) is 0 Å². The molecule has 4 rings (SSSR count). The lowest BCUT2D eigenvalue weighted by molar-refractivity contribution is -0.188. The first-order valence-electron chi connectivity index (χ1n) is 9.59. The average Bonchev–Trinajstić information content (AvgIpc) is 3.38. The van der Waals surface area contributed by atoms with E-state index in [0.717, 1.165) is 23.6 Å². The van der Waals surface area contributed by atoms with Crippen LogP contribution in [0, 0.1) is 17.2 Å². The Morgan fingerprint density at radius 2 is 1.96 bits per heavy atom. The first kappa shape index (κ1) is 19.2. The summed E-state index contributed by atoms with van der Waals surface area (Å²) in [4.78, 5) is 15.3. The third-order valence-corrected chi connectivity index (χ3v) is 6.29. The van der Waals surface area contributed by atoms with Crippen molar-refractivity contribution in [1.82, 2.24) is 15.1 Å². The normalized spacial score (nSPS) is 26.6. The summed E-state index contributed by atoms with van der Waals surface area (Å²) in [5.74, 6) is -1.74. The third-order valence-electron chi connectivity index (χ3n) is 6.29. The second-order valence-electron chi connectivity index (χ2n) is 8.21. The fourth-order valence-corrected chi connectivity index (χ4v) is 4.49. The second-order valence-corrected chi connectivity index (χ2v) is 8.21. The highest BCUT2D eigenvalue weighted by Crippen LogP contribution is 2.46. The molecule has 150 valence electrons. The molecule has 1 aromatic rings. The highest BCUT2D eigenvalue weighted by Gasteiger charge is 2.54. The van der Waals surface area contributed by atoms with Gasteiger partial charge in [0.1, 0.15) is 0 Å². The average molecular weight is 392 g/mol. The van der Waals surface area contributed by atoms with E-state index in [-0.39, 0.29) is 30.0 Å². The molecule has 3 aliphatic rings. The highest BCUT2D eigenvalue weighted by atomic mass is 19.4. The van der Waals surface area contributed by atoms with E-state index >= 15 is 0 Å². The smallest absolute Gasteiger partial charge is 0.331 e. The van der Waals surface area contributed by atoms with E-state index in [0.29, 0.717) is 25.9 Å². The van der Waals surface area contributed by atoms with Crippen molar-refractivity contribution in [2.75, 3.05) is 32.7 Å².